The molecule has 0 bridgehead atoms. The summed E-state index contributed by atoms with van der Waals surface area (Å²) in [5, 5.41) is 19.9. The lowest BCUT2D eigenvalue weighted by molar-refractivity contribution is -0.137. The van der Waals surface area contributed by atoms with Crippen LogP contribution in [-0.4, -0.2) is 66.1 Å². The number of aliphatic hydroxyl groups is 1. The number of benzene rings is 3. The molecule has 2 aromatic heterocycles. The van der Waals surface area contributed by atoms with Crippen molar-refractivity contribution >= 4 is 33.8 Å². The quantitative estimate of drug-likeness (QED) is 0.195. The lowest BCUT2D eigenvalue weighted by atomic mass is 9.91. The number of nitrogens with zero attached hydrogens (tertiary/aromatic N) is 5. The number of fused-ring (bicyclic) bond motifs is 1. The molecule has 3 heterocycles. The third-order valence-electron chi connectivity index (χ3n) is 8.53. The smallest absolute Gasteiger partial charge is 0.288 e. The van der Waals surface area contributed by atoms with E-state index in [1.807, 2.05) is 66.7 Å². The summed E-state index contributed by atoms with van der Waals surface area (Å²) < 4.78 is 6.42. The van der Waals surface area contributed by atoms with E-state index in [2.05, 4.69) is 15.3 Å². The molecule has 5 aromatic rings. The molecule has 10 nitrogen and oxygen atoms in total. The molecule has 3 aromatic carbocycles. The van der Waals surface area contributed by atoms with Gasteiger partial charge in [-0.3, -0.25) is 24.3 Å². The molecule has 11 heteroatoms. The van der Waals surface area contributed by atoms with E-state index in [1.165, 1.54) is 9.58 Å². The van der Waals surface area contributed by atoms with Crippen molar-refractivity contribution in [3.8, 4) is 17.0 Å². The minimum atomic E-state index is -1.06. The highest BCUT2D eigenvalue weighted by molar-refractivity contribution is 8.14. The van der Waals surface area contributed by atoms with Crippen molar-refractivity contribution in [3.05, 3.63) is 119 Å². The lowest BCUT2D eigenvalue weighted by Crippen LogP contribution is -2.47. The fraction of sp³-hybridized carbons (Fsp3) is 0.278. The normalized spacial score (nSPS) is 15.9. The zero-order valence-electron chi connectivity index (χ0n) is 25.9. The third-order valence-corrected chi connectivity index (χ3v) is 9.52. The topological polar surface area (TPSA) is 128 Å². The largest absolute Gasteiger partial charge is 0.495 e. The summed E-state index contributed by atoms with van der Waals surface area (Å²) in [4.78, 5) is 46.2. The van der Waals surface area contributed by atoms with Crippen molar-refractivity contribution in [1.82, 2.24) is 24.9 Å². The molecule has 240 valence electrons. The van der Waals surface area contributed by atoms with Gasteiger partial charge in [-0.1, -0.05) is 83.7 Å². The summed E-state index contributed by atoms with van der Waals surface area (Å²) in [6, 6.07) is 28.0. The van der Waals surface area contributed by atoms with Crippen LogP contribution in [0.1, 0.15) is 24.0 Å². The number of aromatic nitrogens is 4. The first-order valence-corrected chi connectivity index (χ1v) is 16.5. The zero-order chi connectivity index (χ0) is 32.8. The Balaban J connectivity index is 1.20. The van der Waals surface area contributed by atoms with Crippen LogP contribution in [0.15, 0.2) is 102 Å². The monoisotopic (exact) mass is 649 g/mol. The van der Waals surface area contributed by atoms with Gasteiger partial charge in [0.2, 0.25) is 5.91 Å². The highest BCUT2D eigenvalue weighted by Crippen LogP contribution is 2.31. The van der Waals surface area contributed by atoms with Gasteiger partial charge in [-0.15, -0.1) is 5.10 Å². The van der Waals surface area contributed by atoms with E-state index in [4.69, 9.17) is 4.74 Å². The number of ether oxygens (including phenoxy) is 1. The predicted molar refractivity (Wildman–Crippen MR) is 181 cm³/mol. The first kappa shape index (κ1) is 32.1. The summed E-state index contributed by atoms with van der Waals surface area (Å²) in [5.41, 5.74) is 3.93. The van der Waals surface area contributed by atoms with E-state index in [0.717, 1.165) is 34.1 Å². The van der Waals surface area contributed by atoms with E-state index < -0.39 is 17.9 Å². The molecule has 2 amide bonds. The molecule has 1 fully saturated rings. The number of hydrogen-bond donors (Lipinski definition) is 1. The van der Waals surface area contributed by atoms with Crippen molar-refractivity contribution in [2.75, 3.05) is 12.9 Å². The number of carbonyl (C=O) groups is 2. The van der Waals surface area contributed by atoms with Crippen LogP contribution in [-0.2, 0) is 24.2 Å². The molecular weight excluding hydrogens is 614 g/mol. The minimum absolute atomic E-state index is 0.0617. The highest BCUT2D eigenvalue weighted by atomic mass is 32.2. The number of amides is 2. The summed E-state index contributed by atoms with van der Waals surface area (Å²) >= 11 is 1.12. The van der Waals surface area contributed by atoms with E-state index >= 15 is 0 Å². The first-order valence-electron chi connectivity index (χ1n) is 15.5. The third kappa shape index (κ3) is 7.42. The average Bonchev–Trinajstić information content (AvgIpc) is 3.48. The fourth-order valence-electron chi connectivity index (χ4n) is 5.89. The van der Waals surface area contributed by atoms with E-state index in [9.17, 15) is 19.5 Å². The Morgan fingerprint density at radius 3 is 2.47 bits per heavy atom. The second-order valence-corrected chi connectivity index (χ2v) is 12.5. The van der Waals surface area contributed by atoms with Crippen LogP contribution < -0.4 is 10.3 Å². The van der Waals surface area contributed by atoms with Crippen molar-refractivity contribution in [3.63, 3.8) is 0 Å². The molecule has 0 saturated carbocycles. The Morgan fingerprint density at radius 1 is 0.957 bits per heavy atom. The van der Waals surface area contributed by atoms with Gasteiger partial charge in [0.15, 0.2) is 0 Å². The number of aliphatic hydroxyl groups excluding tert-OH is 1. The van der Waals surface area contributed by atoms with Crippen LogP contribution in [0.4, 0.5) is 4.79 Å². The van der Waals surface area contributed by atoms with Gasteiger partial charge in [-0.25, -0.2) is 4.68 Å². The Hall–Kier alpha value is -4.87. The predicted octanol–water partition coefficient (Wildman–Crippen LogP) is 5.17. The average molecular weight is 650 g/mol. The van der Waals surface area contributed by atoms with Gasteiger partial charge < -0.3 is 9.84 Å². The van der Waals surface area contributed by atoms with Gasteiger partial charge in [0.05, 0.1) is 42.5 Å². The maximum atomic E-state index is 14.2. The van der Waals surface area contributed by atoms with Gasteiger partial charge in [0.25, 0.3) is 10.8 Å². The summed E-state index contributed by atoms with van der Waals surface area (Å²) in [6.07, 6.45) is 2.04. The van der Waals surface area contributed by atoms with E-state index in [0.29, 0.717) is 35.2 Å². The maximum absolute atomic E-state index is 14.2. The van der Waals surface area contributed by atoms with Crippen LogP contribution in [0, 0.1) is 5.92 Å². The summed E-state index contributed by atoms with van der Waals surface area (Å²) in [5.74, 6) is -0.204. The molecule has 6 rings (SSSR count). The molecule has 0 spiro atoms. The molecule has 1 N–H and O–H groups in total. The molecule has 3 atom stereocenters. The Labute approximate surface area is 276 Å². The van der Waals surface area contributed by atoms with Crippen LogP contribution in [0.25, 0.3) is 22.2 Å². The number of thioether (sulfide) groups is 1. The standard InChI is InChI=1S/C36H35N5O5S/c1-46-28-16-17-31(37-22-28)26-14-11-24(12-15-26)13-18-33(42)30(19-20-40-34(43)29-9-5-6-10-32(29)38-39-40)35(44)41-27(23-47-36(41)45)21-25-7-3-2-4-8-25/h2-12,14-17,22,27,30,33,42H,13,18-21,23H2,1H3/t27-,30-,33-/m0/s1. The van der Waals surface area contributed by atoms with Gasteiger partial charge in [0.1, 0.15) is 11.3 Å². The van der Waals surface area contributed by atoms with Gasteiger partial charge >= 0.3 is 0 Å². The first-order chi connectivity index (χ1) is 22.9. The molecular formula is C36H35N5O5S. The van der Waals surface area contributed by atoms with E-state index in [1.54, 1.807) is 37.6 Å². The summed E-state index contributed by atoms with van der Waals surface area (Å²) in [6.45, 7) is 0.0617. The van der Waals surface area contributed by atoms with Gasteiger partial charge in [-0.2, -0.15) is 0 Å². The SMILES string of the molecule is COc1ccc(-c2ccc(CC[C@H](O)[C@H](CCn3nnc4ccccc4c3=O)C(=O)N3C(=O)SC[C@@H]3Cc3ccccc3)cc2)nc1. The number of aryl methyl sites for hydroxylation is 2. The molecule has 1 saturated heterocycles. The second kappa shape index (κ2) is 14.7. The summed E-state index contributed by atoms with van der Waals surface area (Å²) in [7, 11) is 1.60. The Kier molecular flexibility index (Phi) is 10.0. The number of rotatable bonds is 12. The molecule has 0 unspecified atom stereocenters. The number of pyridine rings is 1. The van der Waals surface area contributed by atoms with Gasteiger partial charge in [0, 0.05) is 17.9 Å². The number of methoxy groups -OCH3 is 1. The maximum Gasteiger partial charge on any atom is 0.288 e. The van der Waals surface area contributed by atoms with Crippen LogP contribution in [0.2, 0.25) is 0 Å². The Bertz CT molecular complexity index is 1900. The number of carbonyl (C=O) groups excluding carboxylic acids is 2. The van der Waals surface area contributed by atoms with Crippen LogP contribution in [0.5, 0.6) is 5.75 Å². The number of hydrogen-bond acceptors (Lipinski definition) is 9. The van der Waals surface area contributed by atoms with Crippen LogP contribution in [0.3, 0.4) is 0 Å². The minimum Gasteiger partial charge on any atom is -0.495 e. The molecule has 47 heavy (non-hydrogen) atoms. The highest BCUT2D eigenvalue weighted by Gasteiger charge is 2.41. The Morgan fingerprint density at radius 2 is 1.72 bits per heavy atom. The van der Waals surface area contributed by atoms with Crippen molar-refractivity contribution in [2.24, 2.45) is 5.92 Å². The molecule has 0 radical (unpaired) electrons. The van der Waals surface area contributed by atoms with Crippen molar-refractivity contribution < 1.29 is 19.4 Å². The van der Waals surface area contributed by atoms with Crippen molar-refractivity contribution in [1.29, 1.82) is 0 Å². The molecule has 1 aliphatic rings. The van der Waals surface area contributed by atoms with Crippen LogP contribution >= 0.6 is 11.8 Å². The molecule has 1 aliphatic heterocycles. The number of imide groups is 1. The van der Waals surface area contributed by atoms with E-state index in [-0.39, 0.29) is 36.2 Å². The zero-order valence-corrected chi connectivity index (χ0v) is 26.8. The lowest BCUT2D eigenvalue weighted by Gasteiger charge is -2.29. The van der Waals surface area contributed by atoms with Gasteiger partial charge in [-0.05, 0) is 61.1 Å². The second-order valence-electron chi connectivity index (χ2n) is 11.5. The van der Waals surface area contributed by atoms with Crippen molar-refractivity contribution in [2.45, 2.75) is 44.4 Å². The molecule has 0 aliphatic carbocycles. The fourth-order valence-corrected chi connectivity index (χ4v) is 6.87.